The van der Waals surface area contributed by atoms with E-state index in [0.29, 0.717) is 11.6 Å². The summed E-state index contributed by atoms with van der Waals surface area (Å²) in [4.78, 5) is 0. The third kappa shape index (κ3) is 4.87. The highest BCUT2D eigenvalue weighted by Gasteiger charge is 2.13. The van der Waals surface area contributed by atoms with Gasteiger partial charge in [-0.15, -0.1) is 0 Å². The first-order valence-electron chi connectivity index (χ1n) is 4.56. The summed E-state index contributed by atoms with van der Waals surface area (Å²) in [6.07, 6.45) is 2.38. The van der Waals surface area contributed by atoms with Crippen LogP contribution in [-0.2, 0) is 4.74 Å². The zero-order valence-corrected chi connectivity index (χ0v) is 9.07. The van der Waals surface area contributed by atoms with Crippen LogP contribution in [0.3, 0.4) is 0 Å². The van der Waals surface area contributed by atoms with Gasteiger partial charge in [0, 0.05) is 12.1 Å². The van der Waals surface area contributed by atoms with E-state index >= 15 is 0 Å². The molecule has 0 aromatic rings. The first kappa shape index (κ1) is 11.3. The van der Waals surface area contributed by atoms with Crippen LogP contribution in [0.5, 0.6) is 0 Å². The first-order valence-corrected chi connectivity index (χ1v) is 5.37. The van der Waals surface area contributed by atoms with Gasteiger partial charge in [-0.1, -0.05) is 23.2 Å². The second-order valence-electron chi connectivity index (χ2n) is 3.26. The van der Waals surface area contributed by atoms with Gasteiger partial charge in [-0.3, -0.25) is 0 Å². The van der Waals surface area contributed by atoms with Crippen molar-refractivity contribution in [1.82, 2.24) is 5.32 Å². The maximum absolute atomic E-state index is 5.65. The Labute approximate surface area is 89.2 Å². The molecule has 0 saturated carbocycles. The smallest absolute Gasteiger partial charge is 0.0831 e. The van der Waals surface area contributed by atoms with Crippen molar-refractivity contribution in [1.29, 1.82) is 0 Å². The highest BCUT2D eigenvalue weighted by molar-refractivity contribution is 6.36. The van der Waals surface area contributed by atoms with Gasteiger partial charge in [0.2, 0.25) is 0 Å². The van der Waals surface area contributed by atoms with Gasteiger partial charge in [0.05, 0.1) is 11.6 Å². The molecular weight excluding hydrogens is 209 g/mol. The summed E-state index contributed by atoms with van der Waals surface area (Å²) in [6, 6.07) is 0. The molecule has 13 heavy (non-hydrogen) atoms. The Hall–Kier alpha value is 0.240. The molecule has 1 fully saturated rings. The fourth-order valence-electron chi connectivity index (χ4n) is 1.41. The van der Waals surface area contributed by atoms with E-state index in [2.05, 4.69) is 5.32 Å². The van der Waals surface area contributed by atoms with Crippen molar-refractivity contribution in [3.05, 3.63) is 10.6 Å². The van der Waals surface area contributed by atoms with Gasteiger partial charge in [-0.05, 0) is 31.8 Å². The summed E-state index contributed by atoms with van der Waals surface area (Å²) in [5, 5.41) is 3.88. The van der Waals surface area contributed by atoms with E-state index in [1.54, 1.807) is 0 Å². The summed E-state index contributed by atoms with van der Waals surface area (Å²) in [5.74, 6) is 0.777. The lowest BCUT2D eigenvalue weighted by molar-refractivity contribution is 0.145. The zero-order valence-electron chi connectivity index (χ0n) is 7.56. The van der Waals surface area contributed by atoms with E-state index in [1.807, 2.05) is 0 Å². The van der Waals surface area contributed by atoms with Crippen molar-refractivity contribution in [2.24, 2.45) is 5.92 Å². The summed E-state index contributed by atoms with van der Waals surface area (Å²) < 4.78 is 5.34. The topological polar surface area (TPSA) is 21.3 Å². The average molecular weight is 224 g/mol. The van der Waals surface area contributed by atoms with Gasteiger partial charge in [0.25, 0.3) is 0 Å². The van der Waals surface area contributed by atoms with Crippen molar-refractivity contribution in [3.8, 4) is 0 Å². The Morgan fingerprint density at radius 2 is 2.46 bits per heavy atom. The molecule has 1 aliphatic rings. The molecule has 0 radical (unpaired) electrons. The van der Waals surface area contributed by atoms with E-state index in [0.717, 1.165) is 32.0 Å². The van der Waals surface area contributed by atoms with E-state index < -0.39 is 0 Å². The number of hydrogen-bond donors (Lipinski definition) is 1. The van der Waals surface area contributed by atoms with Crippen molar-refractivity contribution in [3.63, 3.8) is 0 Å². The molecule has 1 N–H and O–H groups in total. The average Bonchev–Trinajstić information content (AvgIpc) is 2.64. The fourth-order valence-corrected chi connectivity index (χ4v) is 1.55. The van der Waals surface area contributed by atoms with Crippen LogP contribution < -0.4 is 5.32 Å². The Bertz CT molecular complexity index is 167. The minimum absolute atomic E-state index is 0.436. The van der Waals surface area contributed by atoms with Crippen LogP contribution in [0.1, 0.15) is 12.8 Å². The van der Waals surface area contributed by atoms with Crippen molar-refractivity contribution in [2.75, 3.05) is 26.3 Å². The summed E-state index contributed by atoms with van der Waals surface area (Å²) in [5.41, 5.74) is 1.35. The maximum atomic E-state index is 5.65. The lowest BCUT2D eigenvalue weighted by atomic mass is 10.1. The quantitative estimate of drug-likeness (QED) is 0.723. The Kier molecular flexibility index (Phi) is 5.80. The van der Waals surface area contributed by atoms with Gasteiger partial charge in [0.1, 0.15) is 0 Å². The number of halogens is 2. The minimum Gasteiger partial charge on any atom is -0.376 e. The van der Waals surface area contributed by atoms with Crippen LogP contribution >= 0.6 is 23.2 Å². The van der Waals surface area contributed by atoms with E-state index in [4.69, 9.17) is 27.9 Å². The van der Waals surface area contributed by atoms with Crippen molar-refractivity contribution < 1.29 is 4.74 Å². The molecule has 1 atom stereocenters. The van der Waals surface area contributed by atoms with Gasteiger partial charge in [-0.2, -0.15) is 0 Å². The summed E-state index contributed by atoms with van der Waals surface area (Å²) >= 11 is 11.0. The predicted octanol–water partition coefficient (Wildman–Crippen LogP) is 2.32. The number of nitrogens with one attached hydrogen (secondary N) is 1. The van der Waals surface area contributed by atoms with Gasteiger partial charge >= 0.3 is 0 Å². The van der Waals surface area contributed by atoms with Crippen LogP contribution in [0.25, 0.3) is 0 Å². The normalized spacial score (nSPS) is 23.8. The molecule has 0 bridgehead atoms. The second kappa shape index (κ2) is 6.66. The number of rotatable bonds is 5. The standard InChI is InChI=1S/C9H15Cl2NO/c10-5-9(11)7-13-4-2-8-1-3-12-6-8/h5,8,12H,1-4,6-7H2/b9-5+. The number of hydrogen-bond acceptors (Lipinski definition) is 2. The van der Waals surface area contributed by atoms with Crippen LogP contribution in [0.15, 0.2) is 10.6 Å². The second-order valence-corrected chi connectivity index (χ2v) is 3.96. The van der Waals surface area contributed by atoms with Crippen LogP contribution in [0.4, 0.5) is 0 Å². The van der Waals surface area contributed by atoms with Crippen molar-refractivity contribution >= 4 is 23.2 Å². The third-order valence-electron chi connectivity index (χ3n) is 2.19. The zero-order chi connectivity index (χ0) is 9.52. The lowest BCUT2D eigenvalue weighted by Crippen LogP contribution is -2.11. The van der Waals surface area contributed by atoms with Gasteiger partial charge < -0.3 is 10.1 Å². The SMILES string of the molecule is Cl/C=C(/Cl)COCCC1CCNC1. The maximum Gasteiger partial charge on any atom is 0.0831 e. The highest BCUT2D eigenvalue weighted by Crippen LogP contribution is 2.12. The third-order valence-corrected chi connectivity index (χ3v) is 2.78. The lowest BCUT2D eigenvalue weighted by Gasteiger charge is -2.07. The summed E-state index contributed by atoms with van der Waals surface area (Å²) in [6.45, 7) is 3.48. The molecule has 0 amide bonds. The fraction of sp³-hybridized carbons (Fsp3) is 0.778. The Balaban J connectivity index is 1.94. The molecule has 0 aromatic carbocycles. The molecule has 4 heteroatoms. The van der Waals surface area contributed by atoms with E-state index in [1.165, 1.54) is 12.0 Å². The molecular formula is C9H15Cl2NO. The van der Waals surface area contributed by atoms with Crippen LogP contribution in [0, 0.1) is 5.92 Å². The van der Waals surface area contributed by atoms with E-state index in [9.17, 15) is 0 Å². The Morgan fingerprint density at radius 1 is 1.62 bits per heavy atom. The molecule has 1 unspecified atom stereocenters. The molecule has 76 valence electrons. The van der Waals surface area contributed by atoms with Crippen molar-refractivity contribution in [2.45, 2.75) is 12.8 Å². The van der Waals surface area contributed by atoms with E-state index in [-0.39, 0.29) is 0 Å². The predicted molar refractivity (Wildman–Crippen MR) is 56.2 cm³/mol. The highest BCUT2D eigenvalue weighted by atomic mass is 35.5. The molecule has 0 aliphatic carbocycles. The van der Waals surface area contributed by atoms with Gasteiger partial charge in [0.15, 0.2) is 0 Å². The molecule has 0 spiro atoms. The van der Waals surface area contributed by atoms with Gasteiger partial charge in [-0.25, -0.2) is 0 Å². The molecule has 1 heterocycles. The Morgan fingerprint density at radius 3 is 3.08 bits per heavy atom. The summed E-state index contributed by atoms with van der Waals surface area (Å²) in [7, 11) is 0. The molecule has 1 saturated heterocycles. The first-order chi connectivity index (χ1) is 6.33. The molecule has 2 nitrogen and oxygen atoms in total. The van der Waals surface area contributed by atoms with Crippen LogP contribution in [0.2, 0.25) is 0 Å². The number of ether oxygens (including phenoxy) is 1. The largest absolute Gasteiger partial charge is 0.376 e. The van der Waals surface area contributed by atoms with Crippen LogP contribution in [-0.4, -0.2) is 26.3 Å². The monoisotopic (exact) mass is 223 g/mol. The molecule has 0 aromatic heterocycles. The molecule has 1 rings (SSSR count). The molecule has 1 aliphatic heterocycles. The minimum atomic E-state index is 0.436.